The largest absolute Gasteiger partial charge is 0.497 e. The first-order valence-electron chi connectivity index (χ1n) is 6.47. The van der Waals surface area contributed by atoms with E-state index >= 15 is 0 Å². The summed E-state index contributed by atoms with van der Waals surface area (Å²) in [5.41, 5.74) is 3.07. The average Bonchev–Trinajstić information content (AvgIpc) is 2.45. The molecule has 0 bridgehead atoms. The van der Waals surface area contributed by atoms with Gasteiger partial charge in [-0.3, -0.25) is 0 Å². The van der Waals surface area contributed by atoms with Crippen molar-refractivity contribution in [3.8, 4) is 17.0 Å². The Morgan fingerprint density at radius 2 is 1.89 bits per heavy atom. The van der Waals surface area contributed by atoms with E-state index in [2.05, 4.69) is 22.4 Å². The molecule has 1 aromatic heterocycles. The topological polar surface area (TPSA) is 47.0 Å². The number of hydrogen-bond acceptors (Lipinski definition) is 4. The lowest BCUT2D eigenvalue weighted by molar-refractivity contribution is 0.415. The zero-order valence-electron chi connectivity index (χ0n) is 11.6. The van der Waals surface area contributed by atoms with Crippen molar-refractivity contribution in [1.29, 1.82) is 0 Å². The molecule has 1 heterocycles. The van der Waals surface area contributed by atoms with Crippen LogP contribution in [-0.4, -0.2) is 23.9 Å². The van der Waals surface area contributed by atoms with Gasteiger partial charge in [0.05, 0.1) is 12.8 Å². The van der Waals surface area contributed by atoms with E-state index < -0.39 is 0 Å². The first kappa shape index (κ1) is 13.3. The van der Waals surface area contributed by atoms with Crippen LogP contribution < -0.4 is 10.1 Å². The van der Waals surface area contributed by atoms with Crippen molar-refractivity contribution < 1.29 is 4.74 Å². The van der Waals surface area contributed by atoms with Gasteiger partial charge in [0.1, 0.15) is 11.6 Å². The zero-order chi connectivity index (χ0) is 13.7. The molecule has 0 saturated carbocycles. The quantitative estimate of drug-likeness (QED) is 0.893. The van der Waals surface area contributed by atoms with Crippen LogP contribution in [0.1, 0.15) is 18.9 Å². The monoisotopic (exact) mass is 257 g/mol. The van der Waals surface area contributed by atoms with E-state index in [9.17, 15) is 0 Å². The Kier molecular flexibility index (Phi) is 4.34. The van der Waals surface area contributed by atoms with Gasteiger partial charge >= 0.3 is 0 Å². The Morgan fingerprint density at radius 3 is 2.47 bits per heavy atom. The fourth-order valence-corrected chi connectivity index (χ4v) is 1.86. The Labute approximate surface area is 113 Å². The Bertz CT molecular complexity index is 538. The fourth-order valence-electron chi connectivity index (χ4n) is 1.86. The molecular formula is C15H19N3O. The van der Waals surface area contributed by atoms with Crippen LogP contribution >= 0.6 is 0 Å². The smallest absolute Gasteiger partial charge is 0.148 e. The van der Waals surface area contributed by atoms with Crippen molar-refractivity contribution in [2.45, 2.75) is 20.3 Å². The molecule has 0 fully saturated rings. The van der Waals surface area contributed by atoms with Crippen molar-refractivity contribution in [2.75, 3.05) is 19.0 Å². The van der Waals surface area contributed by atoms with E-state index in [0.29, 0.717) is 0 Å². The Balaban J connectivity index is 2.24. The molecule has 1 aromatic carbocycles. The maximum absolute atomic E-state index is 5.15. The molecule has 2 aromatic rings. The van der Waals surface area contributed by atoms with E-state index in [1.54, 1.807) is 7.11 Å². The molecule has 0 spiro atoms. The van der Waals surface area contributed by atoms with E-state index in [1.807, 2.05) is 37.3 Å². The Morgan fingerprint density at radius 1 is 1.16 bits per heavy atom. The second-order valence-corrected chi connectivity index (χ2v) is 4.42. The number of rotatable bonds is 5. The highest BCUT2D eigenvalue weighted by molar-refractivity contribution is 5.64. The predicted molar refractivity (Wildman–Crippen MR) is 77.5 cm³/mol. The molecule has 4 nitrogen and oxygen atoms in total. The van der Waals surface area contributed by atoms with Gasteiger partial charge < -0.3 is 10.1 Å². The number of nitrogens with one attached hydrogen (secondary N) is 1. The molecule has 19 heavy (non-hydrogen) atoms. The lowest BCUT2D eigenvalue weighted by Gasteiger charge is -2.08. The highest BCUT2D eigenvalue weighted by Gasteiger charge is 2.06. The minimum absolute atomic E-state index is 0.830. The lowest BCUT2D eigenvalue weighted by atomic mass is 10.1. The molecule has 4 heteroatoms. The first-order chi connectivity index (χ1) is 9.24. The van der Waals surface area contributed by atoms with Gasteiger partial charge in [-0.15, -0.1) is 10.2 Å². The third kappa shape index (κ3) is 3.22. The second kappa shape index (κ2) is 6.18. The average molecular weight is 257 g/mol. The first-order valence-corrected chi connectivity index (χ1v) is 6.47. The fraction of sp³-hybridized carbons (Fsp3) is 0.333. The van der Waals surface area contributed by atoms with Gasteiger partial charge in [-0.1, -0.05) is 6.92 Å². The van der Waals surface area contributed by atoms with Crippen molar-refractivity contribution in [1.82, 2.24) is 10.2 Å². The summed E-state index contributed by atoms with van der Waals surface area (Å²) in [5.74, 6) is 1.67. The number of hydrogen-bond donors (Lipinski definition) is 1. The summed E-state index contributed by atoms with van der Waals surface area (Å²) in [6, 6.07) is 9.88. The van der Waals surface area contributed by atoms with Crippen LogP contribution in [0.3, 0.4) is 0 Å². The minimum Gasteiger partial charge on any atom is -0.497 e. The van der Waals surface area contributed by atoms with E-state index in [-0.39, 0.29) is 0 Å². The van der Waals surface area contributed by atoms with Crippen LogP contribution in [-0.2, 0) is 0 Å². The molecule has 2 rings (SSSR count). The highest BCUT2D eigenvalue weighted by atomic mass is 16.5. The summed E-state index contributed by atoms with van der Waals surface area (Å²) < 4.78 is 5.15. The number of anilines is 1. The van der Waals surface area contributed by atoms with E-state index in [0.717, 1.165) is 41.4 Å². The third-order valence-corrected chi connectivity index (χ3v) is 2.90. The molecule has 0 aliphatic rings. The highest BCUT2D eigenvalue weighted by Crippen LogP contribution is 2.24. The molecule has 0 saturated heterocycles. The van der Waals surface area contributed by atoms with Gasteiger partial charge in [-0.2, -0.15) is 0 Å². The van der Waals surface area contributed by atoms with Crippen LogP contribution in [0.15, 0.2) is 30.3 Å². The van der Waals surface area contributed by atoms with Gasteiger partial charge in [0.15, 0.2) is 0 Å². The van der Waals surface area contributed by atoms with Crippen LogP contribution in [0, 0.1) is 6.92 Å². The van der Waals surface area contributed by atoms with Crippen LogP contribution in [0.25, 0.3) is 11.3 Å². The molecule has 0 aliphatic carbocycles. The molecule has 0 unspecified atom stereocenters. The zero-order valence-corrected chi connectivity index (χ0v) is 11.6. The summed E-state index contributed by atoms with van der Waals surface area (Å²) >= 11 is 0. The predicted octanol–water partition coefficient (Wildman–Crippen LogP) is 3.28. The maximum atomic E-state index is 5.15. The van der Waals surface area contributed by atoms with Gasteiger partial charge in [-0.05, 0) is 49.2 Å². The molecule has 0 aliphatic heterocycles. The standard InChI is InChI=1S/C15H19N3O/c1-4-9-16-14-10-11(2)15(18-17-14)12-5-7-13(19-3)8-6-12/h5-8,10H,4,9H2,1-3H3,(H,16,17). The van der Waals surface area contributed by atoms with Crippen molar-refractivity contribution >= 4 is 5.82 Å². The molecule has 1 N–H and O–H groups in total. The molecule has 0 radical (unpaired) electrons. The minimum atomic E-state index is 0.830. The van der Waals surface area contributed by atoms with Gasteiger partial charge in [0.25, 0.3) is 0 Å². The van der Waals surface area contributed by atoms with E-state index in [1.165, 1.54) is 0 Å². The van der Waals surface area contributed by atoms with Gasteiger partial charge in [0.2, 0.25) is 0 Å². The summed E-state index contributed by atoms with van der Waals surface area (Å²) in [4.78, 5) is 0. The number of methoxy groups -OCH3 is 1. The lowest BCUT2D eigenvalue weighted by Crippen LogP contribution is -2.04. The van der Waals surface area contributed by atoms with Crippen LogP contribution in [0.5, 0.6) is 5.75 Å². The normalized spacial score (nSPS) is 10.3. The number of nitrogens with zero attached hydrogens (tertiary/aromatic N) is 2. The third-order valence-electron chi connectivity index (χ3n) is 2.90. The number of benzene rings is 1. The summed E-state index contributed by atoms with van der Waals surface area (Å²) in [5, 5.41) is 11.7. The SMILES string of the molecule is CCCNc1cc(C)c(-c2ccc(OC)cc2)nn1. The van der Waals surface area contributed by atoms with Crippen molar-refractivity contribution in [3.05, 3.63) is 35.9 Å². The van der Waals surface area contributed by atoms with Crippen molar-refractivity contribution in [3.63, 3.8) is 0 Å². The maximum Gasteiger partial charge on any atom is 0.148 e. The van der Waals surface area contributed by atoms with Crippen molar-refractivity contribution in [2.24, 2.45) is 0 Å². The Hall–Kier alpha value is -2.10. The van der Waals surface area contributed by atoms with Gasteiger partial charge in [-0.25, -0.2) is 0 Å². The second-order valence-electron chi connectivity index (χ2n) is 4.42. The molecule has 0 atom stereocenters. The van der Waals surface area contributed by atoms with Crippen LogP contribution in [0.4, 0.5) is 5.82 Å². The summed E-state index contributed by atoms with van der Waals surface area (Å²) in [7, 11) is 1.66. The van der Waals surface area contributed by atoms with E-state index in [4.69, 9.17) is 4.74 Å². The number of aromatic nitrogens is 2. The number of aryl methyl sites for hydroxylation is 1. The summed E-state index contributed by atoms with van der Waals surface area (Å²) in [6.07, 6.45) is 1.07. The molecule has 0 amide bonds. The summed E-state index contributed by atoms with van der Waals surface area (Å²) in [6.45, 7) is 5.08. The van der Waals surface area contributed by atoms with Crippen LogP contribution in [0.2, 0.25) is 0 Å². The number of ether oxygens (including phenoxy) is 1. The van der Waals surface area contributed by atoms with Gasteiger partial charge in [0, 0.05) is 12.1 Å². The molecule has 100 valence electrons. The molecular weight excluding hydrogens is 238 g/mol.